The van der Waals surface area contributed by atoms with Crippen LogP contribution in [0.5, 0.6) is 0 Å². The Balaban J connectivity index is 1.67. The van der Waals surface area contributed by atoms with E-state index in [1.165, 1.54) is 44.1 Å². The van der Waals surface area contributed by atoms with Crippen molar-refractivity contribution in [1.82, 2.24) is 10.2 Å². The first-order chi connectivity index (χ1) is 8.15. The molecule has 2 atom stereocenters. The van der Waals surface area contributed by atoms with Crippen LogP contribution in [-0.2, 0) is 0 Å². The highest BCUT2D eigenvalue weighted by molar-refractivity contribution is 5.02. The molecule has 17 heavy (non-hydrogen) atoms. The van der Waals surface area contributed by atoms with Crippen molar-refractivity contribution >= 4 is 0 Å². The van der Waals surface area contributed by atoms with Gasteiger partial charge in [-0.05, 0) is 44.2 Å². The number of nitrogens with one attached hydrogen (secondary N) is 1. The van der Waals surface area contributed by atoms with E-state index in [9.17, 15) is 0 Å². The summed E-state index contributed by atoms with van der Waals surface area (Å²) in [7, 11) is 2.27. The van der Waals surface area contributed by atoms with Gasteiger partial charge in [0.25, 0.3) is 0 Å². The molecule has 0 aromatic heterocycles. The molecule has 2 heteroatoms. The fourth-order valence-corrected chi connectivity index (χ4v) is 2.92. The Labute approximate surface area is 106 Å². The van der Waals surface area contributed by atoms with Crippen molar-refractivity contribution in [1.29, 1.82) is 0 Å². The molecule has 0 aromatic rings. The van der Waals surface area contributed by atoms with Gasteiger partial charge in [-0.3, -0.25) is 4.90 Å². The van der Waals surface area contributed by atoms with E-state index in [2.05, 4.69) is 30.8 Å². The van der Waals surface area contributed by atoms with E-state index >= 15 is 0 Å². The van der Waals surface area contributed by atoms with E-state index in [0.29, 0.717) is 0 Å². The van der Waals surface area contributed by atoms with Crippen LogP contribution in [0.2, 0.25) is 0 Å². The smallest absolute Gasteiger partial charge is 0.0202 e. The largest absolute Gasteiger partial charge is 0.310 e. The Kier molecular flexibility index (Phi) is 4.63. The molecule has 0 saturated heterocycles. The lowest BCUT2D eigenvalue weighted by atomic mass is 9.86. The monoisotopic (exact) mass is 236 g/mol. The Morgan fingerprint density at radius 1 is 1.29 bits per heavy atom. The predicted octanol–water partition coefficient (Wildman–Crippen LogP) is 2.81. The molecular weight excluding hydrogens is 208 g/mol. The standard InChI is InChI=1S/C15H28N2/c1-12-5-4-6-15(9-12)17(3)11-13(2)10-16-14-7-8-14/h12,14-16H,2,4-11H2,1,3H3. The third kappa shape index (κ3) is 4.44. The number of rotatable bonds is 6. The molecule has 0 aromatic carbocycles. The van der Waals surface area contributed by atoms with Gasteiger partial charge in [-0.1, -0.05) is 26.3 Å². The second-order valence-corrected chi connectivity index (χ2v) is 6.25. The number of hydrogen-bond acceptors (Lipinski definition) is 2. The summed E-state index contributed by atoms with van der Waals surface area (Å²) in [5.41, 5.74) is 1.35. The van der Waals surface area contributed by atoms with Gasteiger partial charge in [0, 0.05) is 25.2 Å². The van der Waals surface area contributed by atoms with Gasteiger partial charge in [-0.2, -0.15) is 0 Å². The average Bonchev–Trinajstić information content (AvgIpc) is 3.10. The molecule has 2 nitrogen and oxygen atoms in total. The van der Waals surface area contributed by atoms with Gasteiger partial charge in [0.2, 0.25) is 0 Å². The minimum Gasteiger partial charge on any atom is -0.310 e. The topological polar surface area (TPSA) is 15.3 Å². The quantitative estimate of drug-likeness (QED) is 0.713. The lowest BCUT2D eigenvalue weighted by molar-refractivity contribution is 0.174. The molecule has 0 bridgehead atoms. The third-order valence-electron chi connectivity index (χ3n) is 4.22. The van der Waals surface area contributed by atoms with Crippen LogP contribution in [-0.4, -0.2) is 37.1 Å². The Morgan fingerprint density at radius 2 is 2.06 bits per heavy atom. The van der Waals surface area contributed by atoms with Crippen LogP contribution in [0.3, 0.4) is 0 Å². The van der Waals surface area contributed by atoms with E-state index in [-0.39, 0.29) is 0 Å². The van der Waals surface area contributed by atoms with Crippen LogP contribution in [0.1, 0.15) is 45.4 Å². The maximum absolute atomic E-state index is 4.20. The predicted molar refractivity (Wildman–Crippen MR) is 74.2 cm³/mol. The molecule has 1 N–H and O–H groups in total. The molecule has 0 heterocycles. The molecular formula is C15H28N2. The second-order valence-electron chi connectivity index (χ2n) is 6.25. The minimum absolute atomic E-state index is 0.788. The minimum atomic E-state index is 0.788. The first-order valence-corrected chi connectivity index (χ1v) is 7.25. The SMILES string of the molecule is C=C(CNC1CC1)CN(C)C1CCCC(C)C1. The maximum Gasteiger partial charge on any atom is 0.0202 e. The Bertz CT molecular complexity index is 258. The van der Waals surface area contributed by atoms with Gasteiger partial charge in [0.05, 0.1) is 0 Å². The number of nitrogens with zero attached hydrogens (tertiary/aromatic N) is 1. The zero-order chi connectivity index (χ0) is 12.3. The van der Waals surface area contributed by atoms with Crippen molar-refractivity contribution in [3.63, 3.8) is 0 Å². The molecule has 0 spiro atoms. The summed E-state index contributed by atoms with van der Waals surface area (Å²) in [5.74, 6) is 0.911. The van der Waals surface area contributed by atoms with E-state index in [0.717, 1.165) is 31.1 Å². The van der Waals surface area contributed by atoms with Crippen LogP contribution in [0.15, 0.2) is 12.2 Å². The second kappa shape index (κ2) is 6.01. The van der Waals surface area contributed by atoms with Gasteiger partial charge < -0.3 is 5.32 Å². The van der Waals surface area contributed by atoms with E-state index < -0.39 is 0 Å². The Hall–Kier alpha value is -0.340. The lowest BCUT2D eigenvalue weighted by Gasteiger charge is -2.34. The average molecular weight is 236 g/mol. The molecule has 2 rings (SSSR count). The summed E-state index contributed by atoms with van der Waals surface area (Å²) in [5, 5.41) is 3.55. The van der Waals surface area contributed by atoms with E-state index in [4.69, 9.17) is 0 Å². The van der Waals surface area contributed by atoms with Gasteiger partial charge in [-0.15, -0.1) is 0 Å². The van der Waals surface area contributed by atoms with Crippen LogP contribution in [0.25, 0.3) is 0 Å². The highest BCUT2D eigenvalue weighted by Gasteiger charge is 2.23. The summed E-state index contributed by atoms with van der Waals surface area (Å²) in [4.78, 5) is 2.52. The van der Waals surface area contributed by atoms with Gasteiger partial charge in [0.15, 0.2) is 0 Å². The van der Waals surface area contributed by atoms with Crippen LogP contribution in [0.4, 0.5) is 0 Å². The van der Waals surface area contributed by atoms with E-state index in [1.54, 1.807) is 0 Å². The number of hydrogen-bond donors (Lipinski definition) is 1. The molecule has 0 aliphatic heterocycles. The Morgan fingerprint density at radius 3 is 2.71 bits per heavy atom. The first kappa shape index (κ1) is 13.1. The fourth-order valence-electron chi connectivity index (χ4n) is 2.92. The maximum atomic E-state index is 4.20. The van der Waals surface area contributed by atoms with Gasteiger partial charge in [0.1, 0.15) is 0 Å². The summed E-state index contributed by atoms with van der Waals surface area (Å²) in [6.07, 6.45) is 8.31. The van der Waals surface area contributed by atoms with Crippen molar-refractivity contribution in [2.45, 2.75) is 57.5 Å². The molecule has 2 aliphatic carbocycles. The zero-order valence-electron chi connectivity index (χ0n) is 11.5. The lowest BCUT2D eigenvalue weighted by Crippen LogP contribution is -2.38. The van der Waals surface area contributed by atoms with Crippen LogP contribution < -0.4 is 5.32 Å². The molecule has 2 unspecified atom stereocenters. The van der Waals surface area contributed by atoms with Crippen LogP contribution in [0, 0.1) is 5.92 Å². The molecule has 0 radical (unpaired) electrons. The molecule has 0 amide bonds. The molecule has 2 aliphatic rings. The molecule has 2 fully saturated rings. The first-order valence-electron chi connectivity index (χ1n) is 7.25. The van der Waals surface area contributed by atoms with Crippen molar-refractivity contribution in [3.05, 3.63) is 12.2 Å². The van der Waals surface area contributed by atoms with E-state index in [1.807, 2.05) is 0 Å². The van der Waals surface area contributed by atoms with Crippen molar-refractivity contribution in [2.24, 2.45) is 5.92 Å². The zero-order valence-corrected chi connectivity index (χ0v) is 11.5. The van der Waals surface area contributed by atoms with Gasteiger partial charge >= 0.3 is 0 Å². The van der Waals surface area contributed by atoms with Crippen molar-refractivity contribution < 1.29 is 0 Å². The summed E-state index contributed by atoms with van der Waals surface area (Å²) >= 11 is 0. The van der Waals surface area contributed by atoms with Gasteiger partial charge in [-0.25, -0.2) is 0 Å². The highest BCUT2D eigenvalue weighted by Crippen LogP contribution is 2.27. The third-order valence-corrected chi connectivity index (χ3v) is 4.22. The summed E-state index contributed by atoms with van der Waals surface area (Å²) < 4.78 is 0. The molecule has 98 valence electrons. The summed E-state index contributed by atoms with van der Waals surface area (Å²) in [6.45, 7) is 8.67. The summed E-state index contributed by atoms with van der Waals surface area (Å²) in [6, 6.07) is 1.59. The molecule has 2 saturated carbocycles. The van der Waals surface area contributed by atoms with Crippen LogP contribution >= 0.6 is 0 Å². The number of likely N-dealkylation sites (N-methyl/N-ethyl adjacent to an activating group) is 1. The fraction of sp³-hybridized carbons (Fsp3) is 0.867. The van der Waals surface area contributed by atoms with Crippen molar-refractivity contribution in [2.75, 3.05) is 20.1 Å². The normalized spacial score (nSPS) is 29.6. The highest BCUT2D eigenvalue weighted by atomic mass is 15.1. The van der Waals surface area contributed by atoms with Crippen molar-refractivity contribution in [3.8, 4) is 0 Å².